The molecule has 0 unspecified atom stereocenters. The minimum absolute atomic E-state index is 0.124. The molecule has 1 amide bonds. The summed E-state index contributed by atoms with van der Waals surface area (Å²) in [6.45, 7) is 0.930. The average Bonchev–Trinajstić information content (AvgIpc) is 3.38. The lowest BCUT2D eigenvalue weighted by Gasteiger charge is -2.29. The van der Waals surface area contributed by atoms with Crippen LogP contribution in [0.5, 0.6) is 0 Å². The van der Waals surface area contributed by atoms with Crippen molar-refractivity contribution in [2.24, 2.45) is 0 Å². The van der Waals surface area contributed by atoms with E-state index in [0.717, 1.165) is 38.0 Å². The number of aryl methyl sites for hydroxylation is 1. The average molecular weight is 294 g/mol. The highest BCUT2D eigenvalue weighted by molar-refractivity contribution is 5.92. The summed E-state index contributed by atoms with van der Waals surface area (Å²) in [5.74, 6) is 0.677. The van der Waals surface area contributed by atoms with Gasteiger partial charge in [0.05, 0.1) is 0 Å². The number of nitrogens with one attached hydrogen (secondary N) is 1. The molecular formula is C17H18N4O. The number of rotatable bonds is 3. The monoisotopic (exact) mass is 294 g/mol. The standard InChI is InChI=1S/C17H18N4O/c22-17(18-13-7-8-13)14-9-10-16(20-19-14)21-11-3-5-12-4-1-2-6-15(12)21/h1-2,4,6,9-10,13H,3,5,7-8,11H2,(H,18,22). The molecule has 2 heterocycles. The molecule has 0 bridgehead atoms. The molecule has 0 radical (unpaired) electrons. The summed E-state index contributed by atoms with van der Waals surface area (Å²) in [4.78, 5) is 14.1. The van der Waals surface area contributed by atoms with Gasteiger partial charge in [-0.3, -0.25) is 4.79 Å². The smallest absolute Gasteiger partial charge is 0.272 e. The summed E-state index contributed by atoms with van der Waals surface area (Å²) in [6.07, 6.45) is 4.34. The van der Waals surface area contributed by atoms with E-state index in [9.17, 15) is 4.79 Å². The molecule has 0 atom stereocenters. The van der Waals surface area contributed by atoms with Gasteiger partial charge in [-0.15, -0.1) is 10.2 Å². The van der Waals surface area contributed by atoms with Crippen LogP contribution in [0.15, 0.2) is 36.4 Å². The fourth-order valence-electron chi connectivity index (χ4n) is 2.85. The highest BCUT2D eigenvalue weighted by Gasteiger charge is 2.25. The Morgan fingerprint density at radius 1 is 1.14 bits per heavy atom. The van der Waals surface area contributed by atoms with Crippen molar-refractivity contribution in [2.45, 2.75) is 31.7 Å². The lowest BCUT2D eigenvalue weighted by atomic mass is 10.0. The Labute approximate surface area is 129 Å². The van der Waals surface area contributed by atoms with Crippen LogP contribution < -0.4 is 10.2 Å². The van der Waals surface area contributed by atoms with Crippen molar-refractivity contribution in [1.82, 2.24) is 15.5 Å². The van der Waals surface area contributed by atoms with Crippen LogP contribution in [0.25, 0.3) is 0 Å². The lowest BCUT2D eigenvalue weighted by molar-refractivity contribution is 0.0945. The first-order valence-electron chi connectivity index (χ1n) is 7.81. The van der Waals surface area contributed by atoms with Crippen LogP contribution in [-0.4, -0.2) is 28.7 Å². The lowest BCUT2D eigenvalue weighted by Crippen LogP contribution is -2.28. The summed E-state index contributed by atoms with van der Waals surface area (Å²) >= 11 is 0. The van der Waals surface area contributed by atoms with Crippen LogP contribution >= 0.6 is 0 Å². The molecule has 5 nitrogen and oxygen atoms in total. The second kappa shape index (κ2) is 5.40. The first kappa shape index (κ1) is 13.2. The number of nitrogens with zero attached hydrogens (tertiary/aromatic N) is 3. The number of benzene rings is 1. The van der Waals surface area contributed by atoms with Gasteiger partial charge in [-0.25, -0.2) is 0 Å². The molecule has 1 aliphatic carbocycles. The van der Waals surface area contributed by atoms with Crippen LogP contribution in [0, 0.1) is 0 Å². The van der Waals surface area contributed by atoms with Crippen molar-refractivity contribution in [3.63, 3.8) is 0 Å². The Bertz CT molecular complexity index is 694. The summed E-state index contributed by atoms with van der Waals surface area (Å²) in [5.41, 5.74) is 2.92. The number of anilines is 2. The minimum Gasteiger partial charge on any atom is -0.348 e. The Hall–Kier alpha value is -2.43. The van der Waals surface area contributed by atoms with Crippen LogP contribution in [0.3, 0.4) is 0 Å². The normalized spacial score (nSPS) is 17.0. The van der Waals surface area contributed by atoms with Crippen LogP contribution in [0.2, 0.25) is 0 Å². The highest BCUT2D eigenvalue weighted by atomic mass is 16.2. The second-order valence-electron chi connectivity index (χ2n) is 5.91. The maximum atomic E-state index is 12.0. The van der Waals surface area contributed by atoms with Gasteiger partial charge < -0.3 is 10.2 Å². The van der Waals surface area contributed by atoms with Crippen molar-refractivity contribution < 1.29 is 4.79 Å². The van der Waals surface area contributed by atoms with Gasteiger partial charge >= 0.3 is 0 Å². The molecule has 1 N–H and O–H groups in total. The Balaban J connectivity index is 1.57. The number of hydrogen-bond donors (Lipinski definition) is 1. The van der Waals surface area contributed by atoms with Gasteiger partial charge in [0, 0.05) is 18.3 Å². The number of aromatic nitrogens is 2. The van der Waals surface area contributed by atoms with E-state index in [-0.39, 0.29) is 5.91 Å². The summed E-state index contributed by atoms with van der Waals surface area (Å²) in [7, 11) is 0. The molecule has 1 aromatic heterocycles. The van der Waals surface area contributed by atoms with Gasteiger partial charge in [0.1, 0.15) is 0 Å². The van der Waals surface area contributed by atoms with E-state index >= 15 is 0 Å². The zero-order valence-corrected chi connectivity index (χ0v) is 12.3. The van der Waals surface area contributed by atoms with Crippen molar-refractivity contribution in [3.05, 3.63) is 47.7 Å². The number of hydrogen-bond acceptors (Lipinski definition) is 4. The molecule has 1 saturated carbocycles. The molecule has 22 heavy (non-hydrogen) atoms. The fraction of sp³-hybridized carbons (Fsp3) is 0.353. The third-order valence-corrected chi connectivity index (χ3v) is 4.18. The molecule has 1 aromatic carbocycles. The van der Waals surface area contributed by atoms with Gasteiger partial charge in [-0.2, -0.15) is 0 Å². The maximum Gasteiger partial charge on any atom is 0.272 e. The van der Waals surface area contributed by atoms with Gasteiger partial charge in [0.15, 0.2) is 11.5 Å². The van der Waals surface area contributed by atoms with Crippen LogP contribution in [-0.2, 0) is 6.42 Å². The quantitative estimate of drug-likeness (QED) is 0.944. The summed E-state index contributed by atoms with van der Waals surface area (Å²) < 4.78 is 0. The Morgan fingerprint density at radius 2 is 2.00 bits per heavy atom. The van der Waals surface area contributed by atoms with Crippen LogP contribution in [0.4, 0.5) is 11.5 Å². The number of carbonyl (C=O) groups excluding carboxylic acids is 1. The molecule has 112 valence electrons. The van der Waals surface area contributed by atoms with Gasteiger partial charge in [-0.05, 0) is 49.4 Å². The van der Waals surface area contributed by atoms with Crippen molar-refractivity contribution in [1.29, 1.82) is 0 Å². The SMILES string of the molecule is O=C(NC1CC1)c1ccc(N2CCCc3ccccc32)nn1. The molecule has 2 aliphatic rings. The van der Waals surface area contributed by atoms with E-state index in [1.807, 2.05) is 12.1 Å². The van der Waals surface area contributed by atoms with E-state index in [1.54, 1.807) is 6.07 Å². The van der Waals surface area contributed by atoms with Crippen LogP contribution in [0.1, 0.15) is 35.3 Å². The predicted octanol–water partition coefficient (Wildman–Crippen LogP) is 2.45. The van der Waals surface area contributed by atoms with E-state index < -0.39 is 0 Å². The Kier molecular flexibility index (Phi) is 3.25. The first-order chi connectivity index (χ1) is 10.8. The molecular weight excluding hydrogens is 276 g/mol. The number of fused-ring (bicyclic) bond motifs is 1. The number of para-hydroxylation sites is 1. The number of amides is 1. The topological polar surface area (TPSA) is 58.1 Å². The predicted molar refractivity (Wildman–Crippen MR) is 84.3 cm³/mol. The zero-order valence-electron chi connectivity index (χ0n) is 12.3. The molecule has 1 fully saturated rings. The summed E-state index contributed by atoms with van der Waals surface area (Å²) in [6, 6.07) is 12.4. The summed E-state index contributed by atoms with van der Waals surface area (Å²) in [5, 5.41) is 11.3. The third-order valence-electron chi connectivity index (χ3n) is 4.18. The zero-order chi connectivity index (χ0) is 14.9. The number of carbonyl (C=O) groups is 1. The highest BCUT2D eigenvalue weighted by Crippen LogP contribution is 2.31. The first-order valence-corrected chi connectivity index (χ1v) is 7.81. The van der Waals surface area contributed by atoms with Crippen molar-refractivity contribution >= 4 is 17.4 Å². The molecule has 2 aromatic rings. The Morgan fingerprint density at radius 3 is 2.77 bits per heavy atom. The third kappa shape index (κ3) is 2.54. The fourth-order valence-corrected chi connectivity index (χ4v) is 2.85. The van der Waals surface area contributed by atoms with E-state index in [0.29, 0.717) is 11.7 Å². The molecule has 5 heteroatoms. The second-order valence-corrected chi connectivity index (χ2v) is 5.91. The molecule has 1 aliphatic heterocycles. The van der Waals surface area contributed by atoms with Crippen molar-refractivity contribution in [2.75, 3.05) is 11.4 Å². The van der Waals surface area contributed by atoms with E-state index in [2.05, 4.69) is 38.6 Å². The van der Waals surface area contributed by atoms with E-state index in [1.165, 1.54) is 11.3 Å². The molecule has 0 saturated heterocycles. The molecule has 0 spiro atoms. The molecule has 4 rings (SSSR count). The van der Waals surface area contributed by atoms with Gasteiger partial charge in [-0.1, -0.05) is 18.2 Å². The van der Waals surface area contributed by atoms with Gasteiger partial charge in [0.2, 0.25) is 0 Å². The van der Waals surface area contributed by atoms with Crippen molar-refractivity contribution in [3.8, 4) is 0 Å². The minimum atomic E-state index is -0.124. The maximum absolute atomic E-state index is 12.0. The largest absolute Gasteiger partial charge is 0.348 e. The van der Waals surface area contributed by atoms with E-state index in [4.69, 9.17) is 0 Å². The van der Waals surface area contributed by atoms with Gasteiger partial charge in [0.25, 0.3) is 5.91 Å².